The van der Waals surface area contributed by atoms with Gasteiger partial charge in [0.05, 0.1) is 24.5 Å². The van der Waals surface area contributed by atoms with Crippen molar-refractivity contribution in [3.63, 3.8) is 0 Å². The lowest BCUT2D eigenvalue weighted by molar-refractivity contribution is -0.126. The van der Waals surface area contributed by atoms with E-state index in [0.717, 1.165) is 16.8 Å². The number of rotatable bonds is 5. The number of anilines is 1. The molecule has 0 spiro atoms. The SMILES string of the molecule is Cc1ccc(N2C[C@H](C(=O)NC[C@H](O)c3ccoc3)CC2=O)cc1C. The maximum atomic E-state index is 12.3. The fourth-order valence-electron chi connectivity index (χ4n) is 2.95. The standard InChI is InChI=1S/C19H22N2O4/c1-12-3-4-16(7-13(12)2)21-10-15(8-18(21)23)19(24)20-9-17(22)14-5-6-25-11-14/h3-7,11,15,17,22H,8-10H2,1-2H3,(H,20,24)/t15-,17+/m1/s1. The molecular formula is C19H22N2O4. The first kappa shape index (κ1) is 17.2. The van der Waals surface area contributed by atoms with Crippen molar-refractivity contribution in [3.05, 3.63) is 53.5 Å². The van der Waals surface area contributed by atoms with E-state index in [9.17, 15) is 14.7 Å². The minimum absolute atomic E-state index is 0.0567. The van der Waals surface area contributed by atoms with Crippen molar-refractivity contribution >= 4 is 17.5 Å². The number of carbonyl (C=O) groups is 2. The number of furan rings is 1. The molecule has 2 amide bonds. The highest BCUT2D eigenvalue weighted by molar-refractivity contribution is 6.00. The summed E-state index contributed by atoms with van der Waals surface area (Å²) in [4.78, 5) is 26.3. The summed E-state index contributed by atoms with van der Waals surface area (Å²) in [5, 5.41) is 12.7. The molecule has 0 bridgehead atoms. The molecule has 25 heavy (non-hydrogen) atoms. The minimum atomic E-state index is -0.823. The van der Waals surface area contributed by atoms with Crippen molar-refractivity contribution in [2.75, 3.05) is 18.0 Å². The Morgan fingerprint density at radius 2 is 2.16 bits per heavy atom. The number of nitrogens with zero attached hydrogens (tertiary/aromatic N) is 1. The van der Waals surface area contributed by atoms with E-state index in [-0.39, 0.29) is 24.8 Å². The molecule has 2 N–H and O–H groups in total. The number of amides is 2. The third-order valence-electron chi connectivity index (χ3n) is 4.70. The van der Waals surface area contributed by atoms with Crippen LogP contribution in [0.1, 0.15) is 29.2 Å². The van der Waals surface area contributed by atoms with E-state index in [1.54, 1.807) is 11.0 Å². The zero-order valence-corrected chi connectivity index (χ0v) is 14.4. The molecule has 2 atom stereocenters. The second-order valence-corrected chi connectivity index (χ2v) is 6.49. The van der Waals surface area contributed by atoms with Crippen LogP contribution in [0.2, 0.25) is 0 Å². The normalized spacial score (nSPS) is 18.4. The van der Waals surface area contributed by atoms with E-state index in [1.807, 2.05) is 32.0 Å². The van der Waals surface area contributed by atoms with E-state index in [1.165, 1.54) is 12.5 Å². The molecule has 6 nitrogen and oxygen atoms in total. The predicted octanol–water partition coefficient (Wildman–Crippen LogP) is 2.10. The van der Waals surface area contributed by atoms with Crippen LogP contribution in [0, 0.1) is 19.8 Å². The lowest BCUT2D eigenvalue weighted by Crippen LogP contribution is -2.35. The number of nitrogens with one attached hydrogen (secondary N) is 1. The van der Waals surface area contributed by atoms with Gasteiger partial charge in [0.1, 0.15) is 0 Å². The molecule has 1 fully saturated rings. The summed E-state index contributed by atoms with van der Waals surface area (Å²) < 4.78 is 4.91. The van der Waals surface area contributed by atoms with E-state index < -0.39 is 12.0 Å². The van der Waals surface area contributed by atoms with Gasteiger partial charge in [0.2, 0.25) is 11.8 Å². The topological polar surface area (TPSA) is 82.8 Å². The summed E-state index contributed by atoms with van der Waals surface area (Å²) in [5.74, 6) is -0.688. The third-order valence-corrected chi connectivity index (χ3v) is 4.70. The Labute approximate surface area is 146 Å². The molecule has 2 heterocycles. The van der Waals surface area contributed by atoms with E-state index in [0.29, 0.717) is 12.1 Å². The highest BCUT2D eigenvalue weighted by atomic mass is 16.3. The molecule has 0 aliphatic carbocycles. The fraction of sp³-hybridized carbons (Fsp3) is 0.368. The number of aliphatic hydroxyl groups excluding tert-OH is 1. The van der Waals surface area contributed by atoms with Crippen molar-refractivity contribution in [2.24, 2.45) is 5.92 Å². The molecule has 1 aromatic heterocycles. The zero-order chi connectivity index (χ0) is 18.0. The van der Waals surface area contributed by atoms with Gasteiger partial charge in [0.15, 0.2) is 0 Å². The fourth-order valence-corrected chi connectivity index (χ4v) is 2.95. The van der Waals surface area contributed by atoms with Gasteiger partial charge in [0, 0.05) is 30.8 Å². The van der Waals surface area contributed by atoms with Crippen LogP contribution in [0.15, 0.2) is 41.2 Å². The Morgan fingerprint density at radius 3 is 2.84 bits per heavy atom. The maximum absolute atomic E-state index is 12.3. The highest BCUT2D eigenvalue weighted by Gasteiger charge is 2.35. The summed E-state index contributed by atoms with van der Waals surface area (Å²) in [7, 11) is 0. The summed E-state index contributed by atoms with van der Waals surface area (Å²) in [6, 6.07) is 7.50. The van der Waals surface area contributed by atoms with Crippen LogP contribution in [0.3, 0.4) is 0 Å². The van der Waals surface area contributed by atoms with Crippen LogP contribution in [-0.2, 0) is 9.59 Å². The number of aliphatic hydroxyl groups is 1. The molecule has 0 unspecified atom stereocenters. The first-order chi connectivity index (χ1) is 12.0. The zero-order valence-electron chi connectivity index (χ0n) is 14.4. The van der Waals surface area contributed by atoms with Crippen molar-refractivity contribution < 1.29 is 19.1 Å². The number of carbonyl (C=O) groups excluding carboxylic acids is 2. The lowest BCUT2D eigenvalue weighted by Gasteiger charge is -2.18. The Morgan fingerprint density at radius 1 is 1.36 bits per heavy atom. The molecule has 2 aromatic rings. The number of hydrogen-bond acceptors (Lipinski definition) is 4. The molecule has 0 saturated carbocycles. The van der Waals surface area contributed by atoms with Crippen molar-refractivity contribution in [1.82, 2.24) is 5.32 Å². The number of aryl methyl sites for hydroxylation is 2. The third kappa shape index (κ3) is 3.74. The second-order valence-electron chi connectivity index (χ2n) is 6.49. The van der Waals surface area contributed by atoms with Gasteiger partial charge >= 0.3 is 0 Å². The molecule has 132 valence electrons. The van der Waals surface area contributed by atoms with Crippen molar-refractivity contribution in [2.45, 2.75) is 26.4 Å². The van der Waals surface area contributed by atoms with Gasteiger partial charge in [-0.3, -0.25) is 9.59 Å². The Balaban J connectivity index is 1.59. The number of hydrogen-bond donors (Lipinski definition) is 2. The van der Waals surface area contributed by atoms with Gasteiger partial charge in [-0.05, 0) is 43.2 Å². The average molecular weight is 342 g/mol. The lowest BCUT2D eigenvalue weighted by atomic mass is 10.1. The summed E-state index contributed by atoms with van der Waals surface area (Å²) in [6.45, 7) is 4.47. The van der Waals surface area contributed by atoms with Crippen molar-refractivity contribution in [1.29, 1.82) is 0 Å². The van der Waals surface area contributed by atoms with Gasteiger partial charge in [-0.15, -0.1) is 0 Å². The Hall–Kier alpha value is -2.60. The molecule has 1 aliphatic heterocycles. The van der Waals surface area contributed by atoms with Crippen LogP contribution in [0.5, 0.6) is 0 Å². The maximum Gasteiger partial charge on any atom is 0.227 e. The molecule has 0 radical (unpaired) electrons. The molecule has 1 aromatic carbocycles. The van der Waals surface area contributed by atoms with Crippen LogP contribution in [-0.4, -0.2) is 30.0 Å². The predicted molar refractivity (Wildman–Crippen MR) is 93.1 cm³/mol. The van der Waals surface area contributed by atoms with Crippen LogP contribution in [0.25, 0.3) is 0 Å². The summed E-state index contributed by atoms with van der Waals surface area (Å²) >= 11 is 0. The molecular weight excluding hydrogens is 320 g/mol. The highest BCUT2D eigenvalue weighted by Crippen LogP contribution is 2.27. The minimum Gasteiger partial charge on any atom is -0.472 e. The molecule has 3 rings (SSSR count). The van der Waals surface area contributed by atoms with E-state index >= 15 is 0 Å². The largest absolute Gasteiger partial charge is 0.472 e. The molecule has 1 aliphatic rings. The van der Waals surface area contributed by atoms with E-state index in [2.05, 4.69) is 5.32 Å². The van der Waals surface area contributed by atoms with E-state index in [4.69, 9.17) is 4.42 Å². The number of benzene rings is 1. The van der Waals surface area contributed by atoms with Gasteiger partial charge in [-0.1, -0.05) is 6.07 Å². The first-order valence-electron chi connectivity index (χ1n) is 8.31. The van der Waals surface area contributed by atoms with Gasteiger partial charge in [-0.2, -0.15) is 0 Å². The van der Waals surface area contributed by atoms with Gasteiger partial charge in [0.25, 0.3) is 0 Å². The Bertz CT molecular complexity index is 770. The quantitative estimate of drug-likeness (QED) is 0.872. The van der Waals surface area contributed by atoms with Crippen LogP contribution in [0.4, 0.5) is 5.69 Å². The van der Waals surface area contributed by atoms with Crippen LogP contribution < -0.4 is 10.2 Å². The first-order valence-corrected chi connectivity index (χ1v) is 8.31. The van der Waals surface area contributed by atoms with Gasteiger partial charge < -0.3 is 19.7 Å². The molecule has 1 saturated heterocycles. The average Bonchev–Trinajstić information content (AvgIpc) is 3.24. The van der Waals surface area contributed by atoms with Crippen LogP contribution >= 0.6 is 0 Å². The smallest absolute Gasteiger partial charge is 0.227 e. The second kappa shape index (κ2) is 7.11. The Kier molecular flexibility index (Phi) is 4.90. The van der Waals surface area contributed by atoms with Gasteiger partial charge in [-0.25, -0.2) is 0 Å². The summed E-state index contributed by atoms with van der Waals surface area (Å²) in [6.07, 6.45) is 2.27. The molecule has 6 heteroatoms. The monoisotopic (exact) mass is 342 g/mol. The van der Waals surface area contributed by atoms with Crippen molar-refractivity contribution in [3.8, 4) is 0 Å². The summed E-state index contributed by atoms with van der Waals surface area (Å²) in [5.41, 5.74) is 3.71.